The van der Waals surface area contributed by atoms with Gasteiger partial charge in [-0.15, -0.1) is 11.6 Å². The fourth-order valence-electron chi connectivity index (χ4n) is 1.57. The highest BCUT2D eigenvalue weighted by atomic mass is 35.5. The number of carbonyl (C=O) groups excluding carboxylic acids is 1. The first-order valence-corrected chi connectivity index (χ1v) is 7.65. The number of hydrogen-bond donors (Lipinski definition) is 0. The SMILES string of the molecule is CCCCCCl.COC(=O)c1ccc(C(C)(C)C)cc1. The summed E-state index contributed by atoms with van der Waals surface area (Å²) in [7, 11) is 1.39. The zero-order chi connectivity index (χ0) is 15.6. The van der Waals surface area contributed by atoms with E-state index in [0.717, 1.165) is 5.88 Å². The molecule has 0 aliphatic rings. The zero-order valence-electron chi connectivity index (χ0n) is 13.3. The largest absolute Gasteiger partial charge is 0.465 e. The molecule has 0 aliphatic heterocycles. The first-order valence-electron chi connectivity index (χ1n) is 7.11. The van der Waals surface area contributed by atoms with Gasteiger partial charge in [-0.1, -0.05) is 52.7 Å². The first-order chi connectivity index (χ1) is 9.36. The van der Waals surface area contributed by atoms with E-state index in [1.165, 1.54) is 31.9 Å². The quantitative estimate of drug-likeness (QED) is 0.434. The molecule has 0 spiro atoms. The molecule has 1 aromatic rings. The van der Waals surface area contributed by atoms with Crippen molar-refractivity contribution in [1.82, 2.24) is 0 Å². The number of carbonyl (C=O) groups is 1. The summed E-state index contributed by atoms with van der Waals surface area (Å²) in [6, 6.07) is 7.53. The molecular weight excluding hydrogens is 272 g/mol. The van der Waals surface area contributed by atoms with Crippen molar-refractivity contribution in [3.63, 3.8) is 0 Å². The first kappa shape index (κ1) is 19.0. The van der Waals surface area contributed by atoms with E-state index >= 15 is 0 Å². The number of esters is 1. The fraction of sp³-hybridized carbons (Fsp3) is 0.588. The highest BCUT2D eigenvalue weighted by Gasteiger charge is 2.14. The Morgan fingerprint density at radius 3 is 2.00 bits per heavy atom. The zero-order valence-corrected chi connectivity index (χ0v) is 14.1. The number of unbranched alkanes of at least 4 members (excludes halogenated alkanes) is 2. The van der Waals surface area contributed by atoms with Crippen LogP contribution in [0, 0.1) is 0 Å². The number of methoxy groups -OCH3 is 1. The van der Waals surface area contributed by atoms with Crippen molar-refractivity contribution < 1.29 is 9.53 Å². The van der Waals surface area contributed by atoms with E-state index in [1.807, 2.05) is 12.1 Å². The summed E-state index contributed by atoms with van der Waals surface area (Å²) in [5.41, 5.74) is 1.93. The number of rotatable bonds is 4. The van der Waals surface area contributed by atoms with Crippen LogP contribution in [-0.2, 0) is 10.2 Å². The van der Waals surface area contributed by atoms with Crippen LogP contribution in [0.25, 0.3) is 0 Å². The van der Waals surface area contributed by atoms with Gasteiger partial charge in [0.15, 0.2) is 0 Å². The number of halogens is 1. The molecule has 114 valence electrons. The van der Waals surface area contributed by atoms with E-state index in [-0.39, 0.29) is 11.4 Å². The lowest BCUT2D eigenvalue weighted by Crippen LogP contribution is -2.11. The number of benzene rings is 1. The standard InChI is InChI=1S/C12H16O2.C5H11Cl/c1-12(2,3)10-7-5-9(6-8-10)11(13)14-4;1-2-3-4-5-6/h5-8H,1-4H3;2-5H2,1H3. The lowest BCUT2D eigenvalue weighted by Gasteiger charge is -2.18. The second-order valence-electron chi connectivity index (χ2n) is 5.72. The van der Waals surface area contributed by atoms with Gasteiger partial charge in [0.2, 0.25) is 0 Å². The van der Waals surface area contributed by atoms with Crippen LogP contribution in [0.3, 0.4) is 0 Å². The van der Waals surface area contributed by atoms with E-state index in [0.29, 0.717) is 5.56 Å². The van der Waals surface area contributed by atoms with Crippen molar-refractivity contribution in [2.24, 2.45) is 0 Å². The second kappa shape index (κ2) is 9.82. The second-order valence-corrected chi connectivity index (χ2v) is 6.09. The van der Waals surface area contributed by atoms with Gasteiger partial charge in [0.1, 0.15) is 0 Å². The Labute approximate surface area is 128 Å². The third-order valence-electron chi connectivity index (χ3n) is 2.91. The summed E-state index contributed by atoms with van der Waals surface area (Å²) < 4.78 is 4.62. The van der Waals surface area contributed by atoms with Crippen LogP contribution in [0.1, 0.15) is 62.9 Å². The average molecular weight is 299 g/mol. The molecule has 0 heterocycles. The maximum absolute atomic E-state index is 11.2. The van der Waals surface area contributed by atoms with Crippen LogP contribution in [0.2, 0.25) is 0 Å². The van der Waals surface area contributed by atoms with E-state index in [9.17, 15) is 4.79 Å². The van der Waals surface area contributed by atoms with Crippen molar-refractivity contribution in [1.29, 1.82) is 0 Å². The topological polar surface area (TPSA) is 26.3 Å². The van der Waals surface area contributed by atoms with Crippen molar-refractivity contribution >= 4 is 17.6 Å². The fourth-order valence-corrected chi connectivity index (χ4v) is 1.76. The molecule has 0 unspecified atom stereocenters. The number of hydrogen-bond acceptors (Lipinski definition) is 2. The van der Waals surface area contributed by atoms with Crippen molar-refractivity contribution in [3.8, 4) is 0 Å². The van der Waals surface area contributed by atoms with Gasteiger partial charge in [-0.3, -0.25) is 0 Å². The minimum Gasteiger partial charge on any atom is -0.465 e. The predicted molar refractivity (Wildman–Crippen MR) is 86.7 cm³/mol. The molecule has 0 radical (unpaired) electrons. The molecule has 0 saturated heterocycles. The maximum atomic E-state index is 11.2. The average Bonchev–Trinajstić information content (AvgIpc) is 2.44. The third kappa shape index (κ3) is 7.54. The molecule has 0 amide bonds. The Kier molecular flexibility index (Phi) is 9.32. The van der Waals surface area contributed by atoms with Gasteiger partial charge < -0.3 is 4.74 Å². The Bertz CT molecular complexity index is 373. The summed E-state index contributed by atoms with van der Waals surface area (Å²) in [6.07, 6.45) is 3.73. The summed E-state index contributed by atoms with van der Waals surface area (Å²) >= 11 is 5.38. The molecule has 1 rings (SSSR count). The van der Waals surface area contributed by atoms with Gasteiger partial charge in [0.05, 0.1) is 12.7 Å². The monoisotopic (exact) mass is 298 g/mol. The summed E-state index contributed by atoms with van der Waals surface area (Å²) in [5, 5.41) is 0. The Morgan fingerprint density at radius 2 is 1.70 bits per heavy atom. The van der Waals surface area contributed by atoms with Crippen molar-refractivity contribution in [2.75, 3.05) is 13.0 Å². The molecule has 20 heavy (non-hydrogen) atoms. The molecule has 0 aliphatic carbocycles. The van der Waals surface area contributed by atoms with Gasteiger partial charge in [0, 0.05) is 5.88 Å². The highest BCUT2D eigenvalue weighted by molar-refractivity contribution is 6.17. The lowest BCUT2D eigenvalue weighted by atomic mass is 9.87. The van der Waals surface area contributed by atoms with Gasteiger partial charge in [-0.05, 0) is 29.5 Å². The Morgan fingerprint density at radius 1 is 1.15 bits per heavy atom. The van der Waals surface area contributed by atoms with Gasteiger partial charge in [0.25, 0.3) is 0 Å². The van der Waals surface area contributed by atoms with Crippen LogP contribution in [0.4, 0.5) is 0 Å². The number of alkyl halides is 1. The summed E-state index contributed by atoms with van der Waals surface area (Å²) in [4.78, 5) is 11.2. The van der Waals surface area contributed by atoms with E-state index in [2.05, 4.69) is 32.4 Å². The molecule has 0 atom stereocenters. The molecule has 1 aromatic carbocycles. The van der Waals surface area contributed by atoms with Crippen molar-refractivity contribution in [3.05, 3.63) is 35.4 Å². The maximum Gasteiger partial charge on any atom is 0.337 e. The van der Waals surface area contributed by atoms with Crippen LogP contribution in [-0.4, -0.2) is 19.0 Å². The van der Waals surface area contributed by atoms with Gasteiger partial charge in [-0.2, -0.15) is 0 Å². The van der Waals surface area contributed by atoms with Gasteiger partial charge in [-0.25, -0.2) is 4.79 Å². The minimum absolute atomic E-state index is 0.120. The van der Waals surface area contributed by atoms with E-state index in [1.54, 1.807) is 12.1 Å². The smallest absolute Gasteiger partial charge is 0.337 e. The molecule has 0 aromatic heterocycles. The highest BCUT2D eigenvalue weighted by Crippen LogP contribution is 2.22. The van der Waals surface area contributed by atoms with Crippen LogP contribution < -0.4 is 0 Å². The third-order valence-corrected chi connectivity index (χ3v) is 3.18. The summed E-state index contributed by atoms with van der Waals surface area (Å²) in [6.45, 7) is 8.59. The lowest BCUT2D eigenvalue weighted by molar-refractivity contribution is 0.0600. The molecule has 0 saturated carbocycles. The molecule has 3 heteroatoms. The van der Waals surface area contributed by atoms with Crippen LogP contribution in [0.5, 0.6) is 0 Å². The van der Waals surface area contributed by atoms with Gasteiger partial charge >= 0.3 is 5.97 Å². The van der Waals surface area contributed by atoms with Crippen LogP contribution in [0.15, 0.2) is 24.3 Å². The molecule has 2 nitrogen and oxygen atoms in total. The van der Waals surface area contributed by atoms with E-state index < -0.39 is 0 Å². The van der Waals surface area contributed by atoms with Crippen LogP contribution >= 0.6 is 11.6 Å². The molecular formula is C17H27ClO2. The molecule has 0 bridgehead atoms. The summed E-state index contributed by atoms with van der Waals surface area (Å²) in [5.74, 6) is 0.541. The Hall–Kier alpha value is -1.02. The minimum atomic E-state index is -0.287. The Balaban J connectivity index is 0.000000511. The predicted octanol–water partition coefficient (Wildman–Crippen LogP) is 5.19. The molecule has 0 N–H and O–H groups in total. The number of ether oxygens (including phenoxy) is 1. The normalized spacial score (nSPS) is 10.5. The molecule has 0 fully saturated rings. The van der Waals surface area contributed by atoms with E-state index in [4.69, 9.17) is 11.6 Å². The van der Waals surface area contributed by atoms with Crippen molar-refractivity contribution in [2.45, 2.75) is 52.4 Å².